The van der Waals surface area contributed by atoms with Gasteiger partial charge in [0.2, 0.25) is 5.91 Å². The highest BCUT2D eigenvalue weighted by molar-refractivity contribution is 6.04. The number of rotatable bonds is 3. The van der Waals surface area contributed by atoms with Crippen LogP contribution in [0.25, 0.3) is 0 Å². The lowest BCUT2D eigenvalue weighted by Gasteiger charge is -2.40. The van der Waals surface area contributed by atoms with E-state index in [1.807, 2.05) is 19.0 Å². The van der Waals surface area contributed by atoms with Gasteiger partial charge in [0.05, 0.1) is 12.3 Å². The zero-order chi connectivity index (χ0) is 19.7. The maximum Gasteiger partial charge on any atom is 0.238 e. The molecular weight excluding hydrogens is 361 g/mol. The topological polar surface area (TPSA) is 75.9 Å². The predicted molar refractivity (Wildman–Crippen MR) is 107 cm³/mol. The van der Waals surface area contributed by atoms with Gasteiger partial charge in [0.1, 0.15) is 30.1 Å². The molecule has 1 N–H and O–H groups in total. The van der Waals surface area contributed by atoms with Gasteiger partial charge < -0.3 is 10.2 Å². The summed E-state index contributed by atoms with van der Waals surface area (Å²) in [6.45, 7) is 5.45. The zero-order valence-corrected chi connectivity index (χ0v) is 16.0. The van der Waals surface area contributed by atoms with Crippen molar-refractivity contribution >= 4 is 29.5 Å². The molecule has 4 rings (SSSR count). The summed E-state index contributed by atoms with van der Waals surface area (Å²) in [7, 11) is 1.96. The van der Waals surface area contributed by atoms with Crippen LogP contribution in [0.15, 0.2) is 39.4 Å². The van der Waals surface area contributed by atoms with Crippen LogP contribution in [0.5, 0.6) is 0 Å². The van der Waals surface area contributed by atoms with E-state index in [1.165, 1.54) is 12.1 Å². The number of carbonyl (C=O) groups is 1. The first kappa shape index (κ1) is 18.5. The van der Waals surface area contributed by atoms with E-state index in [9.17, 15) is 9.18 Å². The number of anilines is 1. The molecule has 1 aromatic rings. The van der Waals surface area contributed by atoms with Crippen molar-refractivity contribution in [3.63, 3.8) is 0 Å². The number of nitrogens with zero attached hydrogens (tertiary/aromatic N) is 6. The van der Waals surface area contributed by atoms with Gasteiger partial charge in [0.25, 0.3) is 0 Å². The molecule has 148 valence electrons. The summed E-state index contributed by atoms with van der Waals surface area (Å²) >= 11 is 0. The number of carbonyl (C=O) groups excluding carboxylic acids is 1. The van der Waals surface area contributed by atoms with Crippen LogP contribution in [0.2, 0.25) is 0 Å². The summed E-state index contributed by atoms with van der Waals surface area (Å²) in [5.74, 6) is 0.584. The number of amidine groups is 1. The van der Waals surface area contributed by atoms with Gasteiger partial charge in [-0.25, -0.2) is 9.38 Å². The molecule has 0 spiro atoms. The van der Waals surface area contributed by atoms with E-state index in [0.717, 1.165) is 37.7 Å². The van der Waals surface area contributed by atoms with Gasteiger partial charge in [0, 0.05) is 38.9 Å². The second kappa shape index (κ2) is 7.67. The highest BCUT2D eigenvalue weighted by Gasteiger charge is 2.41. The molecule has 0 bridgehead atoms. The van der Waals surface area contributed by atoms with Crippen molar-refractivity contribution < 1.29 is 9.18 Å². The second-order valence-electron chi connectivity index (χ2n) is 7.27. The van der Waals surface area contributed by atoms with E-state index in [-0.39, 0.29) is 23.8 Å². The molecule has 2 atom stereocenters. The van der Waals surface area contributed by atoms with Crippen molar-refractivity contribution in [1.29, 1.82) is 0 Å². The summed E-state index contributed by atoms with van der Waals surface area (Å²) in [6, 6.07) is 5.89. The number of benzene rings is 1. The Labute approximate surface area is 163 Å². The van der Waals surface area contributed by atoms with Crippen LogP contribution in [0.3, 0.4) is 0 Å². The number of aliphatic imine (C=N–C) groups is 2. The normalized spacial score (nSPS) is 24.7. The molecule has 0 aromatic heterocycles. The molecule has 0 radical (unpaired) electrons. The van der Waals surface area contributed by atoms with Gasteiger partial charge in [-0.05, 0) is 31.2 Å². The van der Waals surface area contributed by atoms with Crippen LogP contribution < -0.4 is 5.32 Å². The van der Waals surface area contributed by atoms with E-state index < -0.39 is 0 Å². The van der Waals surface area contributed by atoms with Crippen LogP contribution in [0.4, 0.5) is 10.1 Å². The largest absolute Gasteiger partial charge is 0.356 e. The van der Waals surface area contributed by atoms with Gasteiger partial charge in [-0.15, -0.1) is 0 Å². The van der Waals surface area contributed by atoms with Crippen molar-refractivity contribution in [2.45, 2.75) is 19.0 Å². The third-order valence-electron chi connectivity index (χ3n) is 5.32. The maximum absolute atomic E-state index is 13.0. The minimum atomic E-state index is -0.319. The number of fused-ring (bicyclic) bond motifs is 1. The highest BCUT2D eigenvalue weighted by atomic mass is 19.1. The first-order valence-electron chi connectivity index (χ1n) is 9.41. The molecule has 3 heterocycles. The molecule has 1 fully saturated rings. The van der Waals surface area contributed by atoms with Crippen LogP contribution in [-0.4, -0.2) is 90.5 Å². The molecule has 1 aromatic carbocycles. The number of piperazine rings is 1. The van der Waals surface area contributed by atoms with Gasteiger partial charge in [0.15, 0.2) is 0 Å². The molecule has 28 heavy (non-hydrogen) atoms. The molecular formula is C19H24FN7O. The van der Waals surface area contributed by atoms with Gasteiger partial charge in [-0.2, -0.15) is 5.10 Å². The summed E-state index contributed by atoms with van der Waals surface area (Å²) in [4.78, 5) is 25.6. The average Bonchev–Trinajstić information content (AvgIpc) is 2.98. The Kier molecular flexibility index (Phi) is 5.08. The lowest BCUT2D eigenvalue weighted by molar-refractivity contribution is -0.117. The van der Waals surface area contributed by atoms with E-state index in [4.69, 9.17) is 0 Å². The highest BCUT2D eigenvalue weighted by Crippen LogP contribution is 2.23. The number of hydrogen-bond donors (Lipinski definition) is 1. The second-order valence-corrected chi connectivity index (χ2v) is 7.27. The van der Waals surface area contributed by atoms with Crippen molar-refractivity contribution in [3.05, 3.63) is 30.1 Å². The Balaban J connectivity index is 1.30. The molecule has 3 aliphatic heterocycles. The average molecular weight is 385 g/mol. The molecule has 9 heteroatoms. The predicted octanol–water partition coefficient (Wildman–Crippen LogP) is 0.881. The molecule has 1 amide bonds. The van der Waals surface area contributed by atoms with E-state index in [1.54, 1.807) is 18.5 Å². The molecule has 3 aliphatic rings. The Hall–Kier alpha value is -2.81. The molecule has 0 saturated carbocycles. The Morgan fingerprint density at radius 1 is 1.21 bits per heavy atom. The fourth-order valence-corrected chi connectivity index (χ4v) is 3.88. The Morgan fingerprint density at radius 2 is 1.93 bits per heavy atom. The molecule has 1 saturated heterocycles. The van der Waals surface area contributed by atoms with Crippen molar-refractivity contribution in [1.82, 2.24) is 14.8 Å². The molecule has 0 aliphatic carbocycles. The summed E-state index contributed by atoms with van der Waals surface area (Å²) < 4.78 is 13.0. The smallest absolute Gasteiger partial charge is 0.238 e. The Bertz CT molecular complexity index is 827. The fraction of sp³-hybridized carbons (Fsp3) is 0.474. The molecule has 0 unspecified atom stereocenters. The van der Waals surface area contributed by atoms with Crippen LogP contribution in [-0.2, 0) is 4.79 Å². The van der Waals surface area contributed by atoms with Crippen LogP contribution >= 0.6 is 0 Å². The standard InChI is InChI=1S/C19H24FN7O/c1-13-17-18(25(2)24-13)19(22-12-21-17)27-9-7-26(8-10-27)11-16(28)23-15-5-3-14(20)4-6-15/h3-6,12,17-18H,7-11H2,1-2H3,(H,23,28)/t17-,18-/m0/s1. The third-order valence-corrected chi connectivity index (χ3v) is 5.32. The number of nitrogens with one attached hydrogen (secondary N) is 1. The van der Waals surface area contributed by atoms with Crippen molar-refractivity contribution in [2.75, 3.05) is 45.1 Å². The zero-order valence-electron chi connectivity index (χ0n) is 16.0. The number of halogens is 1. The van der Waals surface area contributed by atoms with E-state index in [0.29, 0.717) is 12.2 Å². The van der Waals surface area contributed by atoms with Crippen molar-refractivity contribution in [3.8, 4) is 0 Å². The van der Waals surface area contributed by atoms with Gasteiger partial charge in [-0.3, -0.25) is 19.7 Å². The van der Waals surface area contributed by atoms with E-state index >= 15 is 0 Å². The minimum Gasteiger partial charge on any atom is -0.356 e. The maximum atomic E-state index is 13.0. The van der Waals surface area contributed by atoms with Gasteiger partial charge >= 0.3 is 0 Å². The number of hydrogen-bond acceptors (Lipinski definition) is 7. The lowest BCUT2D eigenvalue weighted by atomic mass is 10.0. The molecule has 8 nitrogen and oxygen atoms in total. The first-order chi connectivity index (χ1) is 13.5. The Morgan fingerprint density at radius 3 is 2.64 bits per heavy atom. The number of amides is 1. The lowest BCUT2D eigenvalue weighted by Crippen LogP contribution is -2.57. The minimum absolute atomic E-state index is 0.0389. The number of hydrazone groups is 1. The van der Waals surface area contributed by atoms with Crippen LogP contribution in [0, 0.1) is 5.82 Å². The third kappa shape index (κ3) is 3.75. The van der Waals surface area contributed by atoms with E-state index in [2.05, 4.69) is 30.2 Å². The quantitative estimate of drug-likeness (QED) is 0.838. The summed E-state index contributed by atoms with van der Waals surface area (Å²) in [5.41, 5.74) is 1.61. The number of likely N-dealkylation sites (N-methyl/N-ethyl adjacent to an activating group) is 1. The summed E-state index contributed by atoms with van der Waals surface area (Å²) in [5, 5.41) is 9.27. The SMILES string of the molecule is CC1=NN(C)[C@@H]2C(N3CCN(CC(=O)Nc4ccc(F)cc4)CC3)=NC=N[C@@H]12. The van der Waals surface area contributed by atoms with Crippen LogP contribution in [0.1, 0.15) is 6.92 Å². The first-order valence-corrected chi connectivity index (χ1v) is 9.41. The van der Waals surface area contributed by atoms with Crippen molar-refractivity contribution in [2.24, 2.45) is 15.1 Å². The fourth-order valence-electron chi connectivity index (χ4n) is 3.88. The van der Waals surface area contributed by atoms with Gasteiger partial charge in [-0.1, -0.05) is 0 Å². The monoisotopic (exact) mass is 385 g/mol. The summed E-state index contributed by atoms with van der Waals surface area (Å²) in [6.07, 6.45) is 1.64.